The Hall–Kier alpha value is -2.51. The van der Waals surface area contributed by atoms with E-state index in [4.69, 9.17) is 16.3 Å². The van der Waals surface area contributed by atoms with Gasteiger partial charge >= 0.3 is 0 Å². The highest BCUT2D eigenvalue weighted by atomic mass is 35.5. The summed E-state index contributed by atoms with van der Waals surface area (Å²) in [7, 11) is 0. The number of carbonyl (C=O) groups excluding carboxylic acids is 1. The molecule has 0 spiro atoms. The third-order valence-corrected chi connectivity index (χ3v) is 5.73. The van der Waals surface area contributed by atoms with Crippen LogP contribution in [0.4, 0.5) is 0 Å². The molecule has 1 aliphatic carbocycles. The van der Waals surface area contributed by atoms with Crippen LogP contribution in [-0.4, -0.2) is 34.4 Å². The second-order valence-electron chi connectivity index (χ2n) is 6.76. The van der Waals surface area contributed by atoms with E-state index in [9.17, 15) is 9.59 Å². The van der Waals surface area contributed by atoms with Gasteiger partial charge in [-0.15, -0.1) is 0 Å². The first-order valence-corrected chi connectivity index (χ1v) is 10.8. The average molecular weight is 430 g/mol. The van der Waals surface area contributed by atoms with Gasteiger partial charge in [-0.1, -0.05) is 35.5 Å². The second kappa shape index (κ2) is 8.88. The molecule has 1 aromatic heterocycles. The summed E-state index contributed by atoms with van der Waals surface area (Å²) < 4.78 is 7.30. The van der Waals surface area contributed by atoms with Crippen molar-refractivity contribution < 1.29 is 9.53 Å². The van der Waals surface area contributed by atoms with Crippen LogP contribution in [0.15, 0.2) is 58.5 Å². The van der Waals surface area contributed by atoms with Crippen molar-refractivity contribution in [1.82, 2.24) is 14.9 Å². The molecule has 1 heterocycles. The zero-order chi connectivity index (χ0) is 20.2. The van der Waals surface area contributed by atoms with E-state index in [1.807, 2.05) is 18.2 Å². The molecule has 0 unspecified atom stereocenters. The highest BCUT2D eigenvalue weighted by Gasteiger charge is 2.28. The first kappa shape index (κ1) is 19.8. The molecule has 1 amide bonds. The van der Waals surface area contributed by atoms with E-state index >= 15 is 0 Å². The van der Waals surface area contributed by atoms with E-state index in [0.717, 1.165) is 12.8 Å². The minimum absolute atomic E-state index is 0.0302. The lowest BCUT2D eigenvalue weighted by molar-refractivity contribution is -0.118. The fraction of sp³-hybridized carbons (Fsp3) is 0.286. The first-order valence-electron chi connectivity index (χ1n) is 9.41. The van der Waals surface area contributed by atoms with E-state index in [-0.39, 0.29) is 23.3 Å². The number of fused-ring (bicyclic) bond motifs is 1. The third kappa shape index (κ3) is 4.92. The van der Waals surface area contributed by atoms with Crippen LogP contribution in [0.3, 0.4) is 0 Å². The number of aromatic nitrogens is 2. The summed E-state index contributed by atoms with van der Waals surface area (Å²) in [5, 5.41) is 4.69. The Balaban J connectivity index is 1.33. The summed E-state index contributed by atoms with van der Waals surface area (Å²) >= 11 is 7.13. The Morgan fingerprint density at radius 1 is 1.21 bits per heavy atom. The predicted octanol–water partition coefficient (Wildman–Crippen LogP) is 3.67. The van der Waals surface area contributed by atoms with Gasteiger partial charge in [0.25, 0.3) is 5.56 Å². The highest BCUT2D eigenvalue weighted by Crippen LogP contribution is 2.36. The number of nitrogens with zero attached hydrogens (tertiary/aromatic N) is 2. The smallest absolute Gasteiger partial charge is 0.262 e. The molecule has 0 radical (unpaired) electrons. The average Bonchev–Trinajstić information content (AvgIpc) is 3.56. The molecule has 1 N–H and O–H groups in total. The number of ether oxygens (including phenoxy) is 1. The van der Waals surface area contributed by atoms with Crippen LogP contribution < -0.4 is 15.6 Å². The standard InChI is InChI=1S/C21H20ClN3O3S/c22-14-5-9-16(10-6-14)28-12-11-23-19(26)13-29-21-24-18-4-2-1-3-17(18)20(27)25(21)15-7-8-15/h1-6,9-10,15H,7-8,11-13H2,(H,23,26). The van der Waals surface area contributed by atoms with Gasteiger partial charge in [-0.3, -0.25) is 14.2 Å². The number of rotatable bonds is 8. The molecule has 6 nitrogen and oxygen atoms in total. The maximum atomic E-state index is 12.8. The van der Waals surface area contributed by atoms with E-state index < -0.39 is 0 Å². The lowest BCUT2D eigenvalue weighted by atomic mass is 10.2. The van der Waals surface area contributed by atoms with E-state index in [0.29, 0.717) is 40.0 Å². The molecular weight excluding hydrogens is 410 g/mol. The minimum atomic E-state index is -0.125. The normalized spacial score (nSPS) is 13.4. The number of nitrogens with one attached hydrogen (secondary N) is 1. The quantitative estimate of drug-likeness (QED) is 0.336. The summed E-state index contributed by atoms with van der Waals surface area (Å²) in [6.45, 7) is 0.752. The maximum Gasteiger partial charge on any atom is 0.262 e. The number of hydrogen-bond acceptors (Lipinski definition) is 5. The molecule has 4 rings (SSSR count). The van der Waals surface area contributed by atoms with Crippen LogP contribution >= 0.6 is 23.4 Å². The number of amides is 1. The van der Waals surface area contributed by atoms with Crippen molar-refractivity contribution in [3.05, 3.63) is 63.9 Å². The monoisotopic (exact) mass is 429 g/mol. The lowest BCUT2D eigenvalue weighted by Gasteiger charge is -2.12. The minimum Gasteiger partial charge on any atom is -0.492 e. The van der Waals surface area contributed by atoms with Gasteiger partial charge in [-0.2, -0.15) is 0 Å². The summed E-state index contributed by atoms with van der Waals surface area (Å²) in [5.41, 5.74) is 0.631. The van der Waals surface area contributed by atoms with Gasteiger partial charge in [0.15, 0.2) is 5.16 Å². The van der Waals surface area contributed by atoms with Gasteiger partial charge in [0.1, 0.15) is 12.4 Å². The largest absolute Gasteiger partial charge is 0.492 e. The number of hydrogen-bond donors (Lipinski definition) is 1. The van der Waals surface area contributed by atoms with Crippen molar-refractivity contribution in [3.63, 3.8) is 0 Å². The van der Waals surface area contributed by atoms with Gasteiger partial charge in [-0.25, -0.2) is 4.98 Å². The van der Waals surface area contributed by atoms with Crippen molar-refractivity contribution in [3.8, 4) is 5.75 Å². The Kier molecular flexibility index (Phi) is 6.06. The van der Waals surface area contributed by atoms with Crippen LogP contribution in [0.5, 0.6) is 5.75 Å². The number of benzene rings is 2. The van der Waals surface area contributed by atoms with Crippen molar-refractivity contribution >= 4 is 40.2 Å². The molecule has 150 valence electrons. The Bertz CT molecular complexity index is 1080. The summed E-state index contributed by atoms with van der Waals surface area (Å²) in [4.78, 5) is 29.6. The molecule has 0 aliphatic heterocycles. The summed E-state index contributed by atoms with van der Waals surface area (Å²) in [6, 6.07) is 14.6. The fourth-order valence-corrected chi connectivity index (χ4v) is 3.98. The maximum absolute atomic E-state index is 12.8. The highest BCUT2D eigenvalue weighted by molar-refractivity contribution is 7.99. The number of halogens is 1. The molecular formula is C21H20ClN3O3S. The van der Waals surface area contributed by atoms with Crippen molar-refractivity contribution in [2.75, 3.05) is 18.9 Å². The van der Waals surface area contributed by atoms with Crippen LogP contribution in [0.2, 0.25) is 5.02 Å². The molecule has 8 heteroatoms. The Labute approximate surface area is 177 Å². The predicted molar refractivity (Wildman–Crippen MR) is 115 cm³/mol. The molecule has 0 saturated heterocycles. The molecule has 0 atom stereocenters. The molecule has 1 aliphatic rings. The molecule has 29 heavy (non-hydrogen) atoms. The third-order valence-electron chi connectivity index (χ3n) is 4.53. The molecule has 1 fully saturated rings. The van der Waals surface area contributed by atoms with Crippen molar-refractivity contribution in [2.45, 2.75) is 24.0 Å². The number of thioether (sulfide) groups is 1. The topological polar surface area (TPSA) is 73.2 Å². The Morgan fingerprint density at radius 2 is 1.97 bits per heavy atom. The molecule has 0 bridgehead atoms. The van der Waals surface area contributed by atoms with Gasteiger partial charge in [0.05, 0.1) is 23.2 Å². The number of carbonyl (C=O) groups is 1. The van der Waals surface area contributed by atoms with Crippen LogP contribution in [-0.2, 0) is 4.79 Å². The van der Waals surface area contributed by atoms with E-state index in [1.165, 1.54) is 11.8 Å². The van der Waals surface area contributed by atoms with Gasteiger partial charge < -0.3 is 10.1 Å². The molecule has 2 aromatic carbocycles. The Morgan fingerprint density at radius 3 is 2.72 bits per heavy atom. The lowest BCUT2D eigenvalue weighted by Crippen LogP contribution is -2.30. The second-order valence-corrected chi connectivity index (χ2v) is 8.14. The SMILES string of the molecule is O=C(CSc1nc2ccccc2c(=O)n1C1CC1)NCCOc1ccc(Cl)cc1. The van der Waals surface area contributed by atoms with Crippen LogP contribution in [0.25, 0.3) is 10.9 Å². The van der Waals surface area contributed by atoms with Crippen LogP contribution in [0.1, 0.15) is 18.9 Å². The first-order chi connectivity index (χ1) is 14.1. The van der Waals surface area contributed by atoms with Gasteiger partial charge in [0.2, 0.25) is 5.91 Å². The summed E-state index contributed by atoms with van der Waals surface area (Å²) in [6.07, 6.45) is 1.95. The zero-order valence-electron chi connectivity index (χ0n) is 15.6. The van der Waals surface area contributed by atoms with E-state index in [2.05, 4.69) is 10.3 Å². The van der Waals surface area contributed by atoms with Crippen LogP contribution in [0, 0.1) is 0 Å². The van der Waals surface area contributed by atoms with Crippen molar-refractivity contribution in [1.29, 1.82) is 0 Å². The van der Waals surface area contributed by atoms with Gasteiger partial charge in [-0.05, 0) is 49.2 Å². The molecule has 1 saturated carbocycles. The summed E-state index contributed by atoms with van der Waals surface area (Å²) in [5.74, 6) is 0.768. The number of para-hydroxylation sites is 1. The van der Waals surface area contributed by atoms with E-state index in [1.54, 1.807) is 34.9 Å². The van der Waals surface area contributed by atoms with Crippen molar-refractivity contribution in [2.24, 2.45) is 0 Å². The zero-order valence-corrected chi connectivity index (χ0v) is 17.2. The molecule has 3 aromatic rings. The fourth-order valence-electron chi connectivity index (χ4n) is 2.95. The van der Waals surface area contributed by atoms with Gasteiger partial charge in [0, 0.05) is 11.1 Å².